The largest absolute Gasteiger partial charge is 0.478 e. The Labute approximate surface area is 191 Å². The van der Waals surface area contributed by atoms with Crippen LogP contribution in [0.2, 0.25) is 0 Å². The van der Waals surface area contributed by atoms with Crippen LogP contribution in [0.3, 0.4) is 0 Å². The highest BCUT2D eigenvalue weighted by Gasteiger charge is 2.23. The van der Waals surface area contributed by atoms with Crippen LogP contribution in [0.5, 0.6) is 0 Å². The maximum atomic E-state index is 13.7. The minimum atomic E-state index is -1.79. The van der Waals surface area contributed by atoms with E-state index in [1.807, 2.05) is 0 Å². The van der Waals surface area contributed by atoms with Crippen molar-refractivity contribution < 1.29 is 24.0 Å². The monoisotopic (exact) mass is 460 g/mol. The average Bonchev–Trinajstić information content (AvgIpc) is 2.78. The zero-order valence-corrected chi connectivity index (χ0v) is 19.5. The van der Waals surface area contributed by atoms with Gasteiger partial charge >= 0.3 is 11.9 Å². The van der Waals surface area contributed by atoms with Gasteiger partial charge in [0.05, 0.1) is 43.1 Å². The molecule has 2 aromatic carbocycles. The Bertz CT molecular complexity index is 886. The fourth-order valence-corrected chi connectivity index (χ4v) is 4.76. The number of benzene rings is 2. The third-order valence-corrected chi connectivity index (χ3v) is 6.56. The molecule has 0 atom stereocenters. The summed E-state index contributed by atoms with van der Waals surface area (Å²) >= 11 is 0. The summed E-state index contributed by atoms with van der Waals surface area (Å²) in [6, 6.07) is 9.32. The summed E-state index contributed by atoms with van der Waals surface area (Å²) < 4.78 is 13.7. The van der Waals surface area contributed by atoms with Crippen molar-refractivity contribution in [2.75, 3.05) is 23.7 Å². The summed E-state index contributed by atoms with van der Waals surface area (Å²) in [4.78, 5) is 24.3. The number of unbranched alkanes of at least 4 members (excludes halogenated alkanes) is 4. The minimum Gasteiger partial charge on any atom is -0.478 e. The number of anilines is 2. The molecular formula is C24H32N2O5S. The second kappa shape index (κ2) is 12.9. The molecule has 0 aliphatic rings. The Morgan fingerprint density at radius 3 is 1.50 bits per heavy atom. The van der Waals surface area contributed by atoms with Gasteiger partial charge in [-0.3, -0.25) is 0 Å². The van der Waals surface area contributed by atoms with Crippen molar-refractivity contribution in [3.63, 3.8) is 0 Å². The van der Waals surface area contributed by atoms with Gasteiger partial charge in [0.2, 0.25) is 0 Å². The Kier molecular flexibility index (Phi) is 10.2. The van der Waals surface area contributed by atoms with Crippen LogP contribution in [-0.4, -0.2) is 39.5 Å². The normalized spacial score (nSPS) is 10.8. The standard InChI is InChI=1S/C24H32N2O5S/c1-3-5-7-15-25-21-17(23(27)28)11-9-13-19(21)32(31)20-14-10-12-18(24(29)30)22(20)26-16-8-6-4-2/h9-14,25-26H,3-8,15-16H2,1-2H3,(H,27,28)(H,29,30). The van der Waals surface area contributed by atoms with E-state index in [0.717, 1.165) is 38.5 Å². The number of rotatable bonds is 14. The number of para-hydroxylation sites is 2. The first-order valence-electron chi connectivity index (χ1n) is 11.0. The van der Waals surface area contributed by atoms with Gasteiger partial charge in [-0.2, -0.15) is 0 Å². The van der Waals surface area contributed by atoms with E-state index in [4.69, 9.17) is 0 Å². The fourth-order valence-electron chi connectivity index (χ4n) is 3.39. The lowest BCUT2D eigenvalue weighted by molar-refractivity contribution is 0.0687. The van der Waals surface area contributed by atoms with Crippen molar-refractivity contribution in [3.05, 3.63) is 47.5 Å². The van der Waals surface area contributed by atoms with E-state index in [2.05, 4.69) is 24.5 Å². The zero-order valence-electron chi connectivity index (χ0n) is 18.6. The molecule has 174 valence electrons. The van der Waals surface area contributed by atoms with E-state index in [9.17, 15) is 24.0 Å². The van der Waals surface area contributed by atoms with E-state index < -0.39 is 22.7 Å². The van der Waals surface area contributed by atoms with Gasteiger partial charge in [-0.1, -0.05) is 51.7 Å². The molecule has 2 rings (SSSR count). The maximum absolute atomic E-state index is 13.7. The quantitative estimate of drug-likeness (QED) is 0.277. The molecule has 0 aliphatic heterocycles. The second-order valence-electron chi connectivity index (χ2n) is 7.50. The van der Waals surface area contributed by atoms with Crippen molar-refractivity contribution in [3.8, 4) is 0 Å². The second-order valence-corrected chi connectivity index (χ2v) is 8.92. The molecule has 32 heavy (non-hydrogen) atoms. The van der Waals surface area contributed by atoms with Crippen LogP contribution in [0, 0.1) is 0 Å². The molecule has 0 aromatic heterocycles. The van der Waals surface area contributed by atoms with Crippen molar-refractivity contribution in [1.82, 2.24) is 0 Å². The Morgan fingerprint density at radius 2 is 1.16 bits per heavy atom. The predicted molar refractivity (Wildman–Crippen MR) is 128 cm³/mol. The first-order chi connectivity index (χ1) is 15.4. The molecule has 0 radical (unpaired) electrons. The van der Waals surface area contributed by atoms with Crippen LogP contribution in [0.15, 0.2) is 46.2 Å². The molecule has 7 nitrogen and oxygen atoms in total. The molecule has 0 bridgehead atoms. The number of carbonyl (C=O) groups is 2. The fraction of sp³-hybridized carbons (Fsp3) is 0.417. The Hall–Kier alpha value is -2.87. The molecular weight excluding hydrogens is 428 g/mol. The molecule has 2 aromatic rings. The summed E-state index contributed by atoms with van der Waals surface area (Å²) in [7, 11) is -1.79. The molecule has 0 aliphatic carbocycles. The highest BCUT2D eigenvalue weighted by atomic mass is 32.2. The highest BCUT2D eigenvalue weighted by molar-refractivity contribution is 7.85. The molecule has 0 unspecified atom stereocenters. The summed E-state index contributed by atoms with van der Waals surface area (Å²) in [6.07, 6.45) is 5.75. The minimum absolute atomic E-state index is 0.0409. The topological polar surface area (TPSA) is 116 Å². The van der Waals surface area contributed by atoms with Gasteiger partial charge in [0, 0.05) is 13.1 Å². The van der Waals surface area contributed by atoms with Crippen LogP contribution >= 0.6 is 0 Å². The van der Waals surface area contributed by atoms with Crippen LogP contribution in [0.4, 0.5) is 11.4 Å². The first kappa shape index (κ1) is 25.4. The van der Waals surface area contributed by atoms with E-state index in [1.165, 1.54) is 12.1 Å². The Balaban J connectivity index is 2.49. The van der Waals surface area contributed by atoms with Crippen LogP contribution in [0.25, 0.3) is 0 Å². The molecule has 8 heteroatoms. The van der Waals surface area contributed by atoms with Crippen LogP contribution in [-0.2, 0) is 10.8 Å². The SMILES string of the molecule is CCCCCNc1c(C(=O)O)cccc1S(=O)c1cccc(C(=O)O)c1NCCCCC. The van der Waals surface area contributed by atoms with E-state index in [0.29, 0.717) is 34.3 Å². The van der Waals surface area contributed by atoms with Gasteiger partial charge in [-0.05, 0) is 37.1 Å². The number of carboxylic acids is 2. The van der Waals surface area contributed by atoms with Crippen LogP contribution in [0.1, 0.15) is 73.1 Å². The molecule has 0 amide bonds. The van der Waals surface area contributed by atoms with Gasteiger partial charge in [0.25, 0.3) is 0 Å². The Morgan fingerprint density at radius 1 is 0.750 bits per heavy atom. The van der Waals surface area contributed by atoms with Gasteiger partial charge in [-0.15, -0.1) is 0 Å². The van der Waals surface area contributed by atoms with Crippen molar-refractivity contribution >= 4 is 34.1 Å². The van der Waals surface area contributed by atoms with Crippen molar-refractivity contribution in [2.24, 2.45) is 0 Å². The highest BCUT2D eigenvalue weighted by Crippen LogP contribution is 2.33. The molecule has 0 saturated heterocycles. The average molecular weight is 461 g/mol. The van der Waals surface area contributed by atoms with Crippen LogP contribution < -0.4 is 10.6 Å². The molecule has 4 N–H and O–H groups in total. The summed E-state index contributed by atoms with van der Waals surface area (Å²) in [5.41, 5.74) is 0.706. The summed E-state index contributed by atoms with van der Waals surface area (Å²) in [6.45, 7) is 5.27. The first-order valence-corrected chi connectivity index (χ1v) is 12.2. The van der Waals surface area contributed by atoms with Gasteiger partial charge < -0.3 is 20.8 Å². The number of aromatic carboxylic acids is 2. The lowest BCUT2D eigenvalue weighted by atomic mass is 10.1. The van der Waals surface area contributed by atoms with Gasteiger partial charge in [-0.25, -0.2) is 13.8 Å². The van der Waals surface area contributed by atoms with Crippen molar-refractivity contribution in [1.29, 1.82) is 0 Å². The third-order valence-electron chi connectivity index (χ3n) is 5.08. The predicted octanol–water partition coefficient (Wildman–Crippen LogP) is 5.45. The number of hydrogen-bond donors (Lipinski definition) is 4. The zero-order chi connectivity index (χ0) is 23.5. The number of carboxylic acid groups (broad SMARTS) is 2. The number of hydrogen-bond acceptors (Lipinski definition) is 5. The van der Waals surface area contributed by atoms with E-state index >= 15 is 0 Å². The third kappa shape index (κ3) is 6.56. The lowest BCUT2D eigenvalue weighted by Crippen LogP contribution is -2.14. The number of nitrogens with one attached hydrogen (secondary N) is 2. The molecule has 0 fully saturated rings. The van der Waals surface area contributed by atoms with Gasteiger partial charge in [0.1, 0.15) is 0 Å². The maximum Gasteiger partial charge on any atom is 0.337 e. The molecule has 0 heterocycles. The summed E-state index contributed by atoms with van der Waals surface area (Å²) in [5.74, 6) is -2.22. The molecule has 0 saturated carbocycles. The van der Waals surface area contributed by atoms with Gasteiger partial charge in [0.15, 0.2) is 0 Å². The lowest BCUT2D eigenvalue weighted by Gasteiger charge is -2.18. The van der Waals surface area contributed by atoms with Crippen molar-refractivity contribution in [2.45, 2.75) is 62.2 Å². The summed E-state index contributed by atoms with van der Waals surface area (Å²) in [5, 5.41) is 25.6. The molecule has 0 spiro atoms. The van der Waals surface area contributed by atoms with E-state index in [-0.39, 0.29) is 11.1 Å². The van der Waals surface area contributed by atoms with E-state index in [1.54, 1.807) is 24.3 Å². The smallest absolute Gasteiger partial charge is 0.337 e.